The molecular formula is C10H15N3O. The Bertz CT molecular complexity index is 354. The lowest BCUT2D eigenvalue weighted by Crippen LogP contribution is -2.24. The summed E-state index contributed by atoms with van der Waals surface area (Å²) in [5.41, 5.74) is 2.09. The van der Waals surface area contributed by atoms with Crippen LogP contribution >= 0.6 is 0 Å². The first-order valence-corrected chi connectivity index (χ1v) is 4.47. The monoisotopic (exact) mass is 193 g/mol. The maximum atomic E-state index is 11.1. The van der Waals surface area contributed by atoms with Crippen molar-refractivity contribution in [2.24, 2.45) is 7.05 Å². The highest BCUT2D eigenvalue weighted by molar-refractivity contribution is 5.87. The molecule has 14 heavy (non-hydrogen) atoms. The average molecular weight is 193 g/mol. The highest BCUT2D eigenvalue weighted by Gasteiger charge is 2.12. The van der Waals surface area contributed by atoms with Crippen molar-refractivity contribution in [3.05, 3.63) is 30.1 Å². The number of aromatic nitrogens is 2. The van der Waals surface area contributed by atoms with Crippen LogP contribution in [0.1, 0.15) is 24.2 Å². The first-order valence-electron chi connectivity index (χ1n) is 4.47. The molecule has 1 amide bonds. The van der Waals surface area contributed by atoms with Gasteiger partial charge in [0.05, 0.1) is 12.2 Å². The summed E-state index contributed by atoms with van der Waals surface area (Å²) < 4.78 is 1.78. The summed E-state index contributed by atoms with van der Waals surface area (Å²) in [5, 5.41) is 6.90. The SMILES string of the molecule is C=CC(=O)NC(C)c1cnn(C)c1C. The second-order valence-corrected chi connectivity index (χ2v) is 3.24. The number of nitrogens with one attached hydrogen (secondary N) is 1. The Morgan fingerprint density at radius 3 is 2.86 bits per heavy atom. The molecule has 0 spiro atoms. The molecule has 0 fully saturated rings. The molecule has 0 aliphatic carbocycles. The summed E-state index contributed by atoms with van der Waals surface area (Å²) in [5.74, 6) is -0.166. The Labute approximate surface area is 83.6 Å². The van der Waals surface area contributed by atoms with Gasteiger partial charge in [-0.15, -0.1) is 0 Å². The summed E-state index contributed by atoms with van der Waals surface area (Å²) in [7, 11) is 1.88. The molecular weight excluding hydrogens is 178 g/mol. The predicted octanol–water partition coefficient (Wildman–Crippen LogP) is 1.09. The zero-order chi connectivity index (χ0) is 10.7. The molecule has 0 aliphatic rings. The fourth-order valence-corrected chi connectivity index (χ4v) is 1.29. The van der Waals surface area contributed by atoms with Crippen LogP contribution in [-0.4, -0.2) is 15.7 Å². The van der Waals surface area contributed by atoms with Crippen molar-refractivity contribution in [1.82, 2.24) is 15.1 Å². The molecule has 76 valence electrons. The third kappa shape index (κ3) is 2.02. The van der Waals surface area contributed by atoms with E-state index in [9.17, 15) is 4.79 Å². The van der Waals surface area contributed by atoms with E-state index in [1.165, 1.54) is 6.08 Å². The fraction of sp³-hybridized carbons (Fsp3) is 0.400. The number of hydrogen-bond donors (Lipinski definition) is 1. The maximum Gasteiger partial charge on any atom is 0.243 e. The normalized spacial score (nSPS) is 12.2. The van der Waals surface area contributed by atoms with Crippen LogP contribution in [0.4, 0.5) is 0 Å². The van der Waals surface area contributed by atoms with Crippen LogP contribution in [0, 0.1) is 6.92 Å². The minimum absolute atomic E-state index is 0.0331. The van der Waals surface area contributed by atoms with Gasteiger partial charge in [0.2, 0.25) is 5.91 Å². The molecule has 1 atom stereocenters. The third-order valence-corrected chi connectivity index (χ3v) is 2.28. The topological polar surface area (TPSA) is 46.9 Å². The summed E-state index contributed by atoms with van der Waals surface area (Å²) in [6.45, 7) is 7.30. The summed E-state index contributed by atoms with van der Waals surface area (Å²) in [4.78, 5) is 11.1. The van der Waals surface area contributed by atoms with Gasteiger partial charge >= 0.3 is 0 Å². The van der Waals surface area contributed by atoms with E-state index in [2.05, 4.69) is 17.0 Å². The van der Waals surface area contributed by atoms with Gasteiger partial charge in [-0.2, -0.15) is 5.10 Å². The van der Waals surface area contributed by atoms with Crippen molar-refractivity contribution in [2.45, 2.75) is 19.9 Å². The zero-order valence-corrected chi connectivity index (χ0v) is 8.74. The van der Waals surface area contributed by atoms with E-state index in [4.69, 9.17) is 0 Å². The second-order valence-electron chi connectivity index (χ2n) is 3.24. The molecule has 1 aromatic rings. The van der Waals surface area contributed by atoms with Gasteiger partial charge in [-0.05, 0) is 19.9 Å². The Hall–Kier alpha value is -1.58. The van der Waals surface area contributed by atoms with E-state index in [0.29, 0.717) is 0 Å². The van der Waals surface area contributed by atoms with Crippen LogP contribution in [0.15, 0.2) is 18.9 Å². The standard InChI is InChI=1S/C10H15N3O/c1-5-10(14)12-7(2)9-6-11-13(4)8(9)3/h5-7H,1H2,2-4H3,(H,12,14). The number of amides is 1. The smallest absolute Gasteiger partial charge is 0.243 e. The molecule has 1 N–H and O–H groups in total. The number of nitrogens with zero attached hydrogens (tertiary/aromatic N) is 2. The van der Waals surface area contributed by atoms with Crippen molar-refractivity contribution in [3.63, 3.8) is 0 Å². The highest BCUT2D eigenvalue weighted by atomic mass is 16.1. The molecule has 1 unspecified atom stereocenters. The van der Waals surface area contributed by atoms with Gasteiger partial charge in [-0.1, -0.05) is 6.58 Å². The molecule has 1 heterocycles. The molecule has 4 nitrogen and oxygen atoms in total. The van der Waals surface area contributed by atoms with Gasteiger partial charge in [0.1, 0.15) is 0 Å². The molecule has 1 aromatic heterocycles. The summed E-state index contributed by atoms with van der Waals surface area (Å²) in [6.07, 6.45) is 3.03. The molecule has 0 radical (unpaired) electrons. The van der Waals surface area contributed by atoms with Crippen LogP contribution in [0.5, 0.6) is 0 Å². The number of aryl methyl sites for hydroxylation is 1. The molecule has 0 bridgehead atoms. The molecule has 0 saturated carbocycles. The van der Waals surface area contributed by atoms with Crippen LogP contribution < -0.4 is 5.32 Å². The summed E-state index contributed by atoms with van der Waals surface area (Å²) in [6, 6.07) is -0.0331. The van der Waals surface area contributed by atoms with Crippen LogP contribution in [0.25, 0.3) is 0 Å². The third-order valence-electron chi connectivity index (χ3n) is 2.28. The van der Waals surface area contributed by atoms with Crippen molar-refractivity contribution in [3.8, 4) is 0 Å². The lowest BCUT2D eigenvalue weighted by atomic mass is 10.1. The van der Waals surface area contributed by atoms with Gasteiger partial charge in [0, 0.05) is 18.3 Å². The molecule has 4 heteroatoms. The van der Waals surface area contributed by atoms with Crippen molar-refractivity contribution < 1.29 is 4.79 Å². The van der Waals surface area contributed by atoms with E-state index < -0.39 is 0 Å². The predicted molar refractivity (Wildman–Crippen MR) is 54.7 cm³/mol. The lowest BCUT2D eigenvalue weighted by Gasteiger charge is -2.11. The maximum absolute atomic E-state index is 11.1. The van der Waals surface area contributed by atoms with Gasteiger partial charge in [0.15, 0.2) is 0 Å². The Kier molecular flexibility index (Phi) is 3.06. The van der Waals surface area contributed by atoms with Gasteiger partial charge in [0.25, 0.3) is 0 Å². The molecule has 0 saturated heterocycles. The van der Waals surface area contributed by atoms with Crippen molar-refractivity contribution in [2.75, 3.05) is 0 Å². The zero-order valence-electron chi connectivity index (χ0n) is 8.74. The molecule has 0 aromatic carbocycles. The van der Waals surface area contributed by atoms with E-state index in [-0.39, 0.29) is 11.9 Å². The fourth-order valence-electron chi connectivity index (χ4n) is 1.29. The van der Waals surface area contributed by atoms with E-state index in [0.717, 1.165) is 11.3 Å². The first kappa shape index (κ1) is 10.5. The van der Waals surface area contributed by atoms with Gasteiger partial charge in [-0.25, -0.2) is 0 Å². The quantitative estimate of drug-likeness (QED) is 0.730. The van der Waals surface area contributed by atoms with Gasteiger partial charge in [-0.3, -0.25) is 9.48 Å². The van der Waals surface area contributed by atoms with Crippen LogP contribution in [-0.2, 0) is 11.8 Å². The molecule has 0 aliphatic heterocycles. The van der Waals surface area contributed by atoms with Gasteiger partial charge < -0.3 is 5.32 Å². The van der Waals surface area contributed by atoms with Crippen LogP contribution in [0.2, 0.25) is 0 Å². The first-order chi connectivity index (χ1) is 6.56. The second kappa shape index (κ2) is 4.09. The highest BCUT2D eigenvalue weighted by Crippen LogP contribution is 2.15. The largest absolute Gasteiger partial charge is 0.346 e. The van der Waals surface area contributed by atoms with E-state index >= 15 is 0 Å². The Balaban J connectivity index is 2.79. The number of carbonyl (C=O) groups excluding carboxylic acids is 1. The van der Waals surface area contributed by atoms with Crippen molar-refractivity contribution in [1.29, 1.82) is 0 Å². The Morgan fingerprint density at radius 1 is 1.79 bits per heavy atom. The van der Waals surface area contributed by atoms with Crippen LogP contribution in [0.3, 0.4) is 0 Å². The number of hydrogen-bond acceptors (Lipinski definition) is 2. The average Bonchev–Trinajstić information content (AvgIpc) is 2.47. The summed E-state index contributed by atoms with van der Waals surface area (Å²) >= 11 is 0. The number of carbonyl (C=O) groups is 1. The van der Waals surface area contributed by atoms with E-state index in [1.54, 1.807) is 10.9 Å². The van der Waals surface area contributed by atoms with Crippen molar-refractivity contribution >= 4 is 5.91 Å². The number of rotatable bonds is 3. The Morgan fingerprint density at radius 2 is 2.43 bits per heavy atom. The van der Waals surface area contributed by atoms with E-state index in [1.807, 2.05) is 20.9 Å². The molecule has 1 rings (SSSR count). The minimum Gasteiger partial charge on any atom is -0.346 e. The minimum atomic E-state index is -0.166. The lowest BCUT2D eigenvalue weighted by molar-refractivity contribution is -0.117.